The molecule has 0 aromatic carbocycles. The van der Waals surface area contributed by atoms with Gasteiger partial charge in [-0.3, -0.25) is 4.74 Å². The standard InChI is InChI=1S/C22H46O13/c1-3-5-11-29-17-19(27)21(31-13-7-23,32-14-8-24)35-22(33-15-9-25,34-16-10-26)20(28)18-30-12-6-4-2/h19-20,23-28H,3-18H2,1-2H3. The van der Waals surface area contributed by atoms with E-state index in [-0.39, 0.29) is 39.6 Å². The third-order valence-corrected chi connectivity index (χ3v) is 4.51. The van der Waals surface area contributed by atoms with Gasteiger partial charge >= 0.3 is 11.9 Å². The highest BCUT2D eigenvalue weighted by Gasteiger charge is 2.55. The lowest BCUT2D eigenvalue weighted by Crippen LogP contribution is -2.63. The molecule has 0 amide bonds. The Labute approximate surface area is 207 Å². The average molecular weight is 519 g/mol. The second-order valence-electron chi connectivity index (χ2n) is 7.49. The van der Waals surface area contributed by atoms with E-state index >= 15 is 0 Å². The third-order valence-electron chi connectivity index (χ3n) is 4.51. The summed E-state index contributed by atoms with van der Waals surface area (Å²) in [6, 6.07) is 0. The van der Waals surface area contributed by atoms with E-state index in [2.05, 4.69) is 0 Å². The molecule has 0 aliphatic heterocycles. The van der Waals surface area contributed by atoms with E-state index in [4.69, 9.17) is 33.2 Å². The van der Waals surface area contributed by atoms with Crippen molar-refractivity contribution in [1.29, 1.82) is 0 Å². The van der Waals surface area contributed by atoms with E-state index < -0.39 is 50.6 Å². The van der Waals surface area contributed by atoms with Crippen LogP contribution in [-0.4, -0.2) is 134 Å². The van der Waals surface area contributed by atoms with E-state index in [1.54, 1.807) is 0 Å². The smallest absolute Gasteiger partial charge is 0.317 e. The van der Waals surface area contributed by atoms with Gasteiger partial charge in [0.05, 0.1) is 66.1 Å². The van der Waals surface area contributed by atoms with E-state index in [0.29, 0.717) is 13.2 Å². The quantitative estimate of drug-likeness (QED) is 0.0587. The highest BCUT2D eigenvalue weighted by Crippen LogP contribution is 2.32. The molecule has 0 fully saturated rings. The molecule has 0 rings (SSSR count). The number of aliphatic hydroxyl groups is 6. The van der Waals surface area contributed by atoms with E-state index in [1.165, 1.54) is 0 Å². The van der Waals surface area contributed by atoms with Gasteiger partial charge in [0.25, 0.3) is 0 Å². The van der Waals surface area contributed by atoms with Gasteiger partial charge in [-0.2, -0.15) is 0 Å². The molecular weight excluding hydrogens is 472 g/mol. The van der Waals surface area contributed by atoms with Crippen molar-refractivity contribution in [2.75, 3.05) is 79.3 Å². The van der Waals surface area contributed by atoms with Gasteiger partial charge in [0.15, 0.2) is 12.2 Å². The van der Waals surface area contributed by atoms with Crippen LogP contribution in [0, 0.1) is 0 Å². The van der Waals surface area contributed by atoms with Gasteiger partial charge in [0.1, 0.15) is 0 Å². The molecule has 0 aromatic rings. The van der Waals surface area contributed by atoms with Crippen LogP contribution in [0.4, 0.5) is 0 Å². The van der Waals surface area contributed by atoms with Crippen LogP contribution in [0.1, 0.15) is 39.5 Å². The van der Waals surface area contributed by atoms with Crippen molar-refractivity contribution >= 4 is 0 Å². The molecule has 13 nitrogen and oxygen atoms in total. The molecule has 0 spiro atoms. The fourth-order valence-corrected chi connectivity index (χ4v) is 2.76. The molecular formula is C22H46O13. The minimum absolute atomic E-state index is 0.324. The van der Waals surface area contributed by atoms with Crippen molar-refractivity contribution in [3.63, 3.8) is 0 Å². The monoisotopic (exact) mass is 518 g/mol. The summed E-state index contributed by atoms with van der Waals surface area (Å²) in [6.07, 6.45) is -0.159. The number of hydrogen-bond donors (Lipinski definition) is 6. The highest BCUT2D eigenvalue weighted by atomic mass is 17.0. The zero-order valence-electron chi connectivity index (χ0n) is 21.0. The van der Waals surface area contributed by atoms with Gasteiger partial charge in [0.2, 0.25) is 0 Å². The molecule has 0 aliphatic carbocycles. The van der Waals surface area contributed by atoms with Gasteiger partial charge in [-0.1, -0.05) is 26.7 Å². The summed E-state index contributed by atoms with van der Waals surface area (Å²) in [7, 11) is 0. The maximum atomic E-state index is 11.0. The first-order chi connectivity index (χ1) is 16.9. The molecule has 212 valence electrons. The molecule has 0 saturated heterocycles. The summed E-state index contributed by atoms with van der Waals surface area (Å²) in [4.78, 5) is 0. The van der Waals surface area contributed by atoms with Crippen molar-refractivity contribution in [3.05, 3.63) is 0 Å². The van der Waals surface area contributed by atoms with Crippen molar-refractivity contribution in [1.82, 2.24) is 0 Å². The molecule has 13 heteroatoms. The summed E-state index contributed by atoms with van der Waals surface area (Å²) in [6.45, 7) is 0.461. The van der Waals surface area contributed by atoms with E-state index in [9.17, 15) is 30.6 Å². The SMILES string of the molecule is CCCCOCC(O)C(OCCO)(OCCO)OC(OCCO)(OCCO)C(O)COCCCC. The second-order valence-corrected chi connectivity index (χ2v) is 7.49. The summed E-state index contributed by atoms with van der Waals surface area (Å²) >= 11 is 0. The zero-order chi connectivity index (χ0) is 26.4. The normalized spacial score (nSPS) is 14.4. The molecule has 0 saturated carbocycles. The van der Waals surface area contributed by atoms with E-state index in [0.717, 1.165) is 25.7 Å². The maximum Gasteiger partial charge on any atom is 0.317 e. The predicted octanol–water partition coefficient (Wildman–Crippen LogP) is -1.30. The number of aliphatic hydroxyl groups excluding tert-OH is 6. The molecule has 0 heterocycles. The lowest BCUT2D eigenvalue weighted by atomic mass is 10.2. The second kappa shape index (κ2) is 21.6. The molecule has 0 aliphatic rings. The predicted molar refractivity (Wildman–Crippen MR) is 122 cm³/mol. The van der Waals surface area contributed by atoms with Crippen LogP contribution >= 0.6 is 0 Å². The third kappa shape index (κ3) is 13.6. The number of rotatable bonds is 26. The van der Waals surface area contributed by atoms with Crippen molar-refractivity contribution in [2.45, 2.75) is 63.7 Å². The molecule has 2 atom stereocenters. The van der Waals surface area contributed by atoms with Gasteiger partial charge in [-0.25, -0.2) is 0 Å². The summed E-state index contributed by atoms with van der Waals surface area (Å²) in [5.41, 5.74) is 0. The lowest BCUT2D eigenvalue weighted by Gasteiger charge is -2.45. The van der Waals surface area contributed by atoms with Crippen LogP contribution in [0.25, 0.3) is 0 Å². The first kappa shape index (κ1) is 34.5. The number of unbranched alkanes of at least 4 members (excludes halogenated alkanes) is 2. The Morgan fingerprint density at radius 1 is 0.543 bits per heavy atom. The molecule has 6 N–H and O–H groups in total. The maximum absolute atomic E-state index is 11.0. The topological polar surface area (TPSA) is 186 Å². The average Bonchev–Trinajstić information content (AvgIpc) is 2.87. The van der Waals surface area contributed by atoms with Crippen molar-refractivity contribution < 1.29 is 63.8 Å². The Balaban J connectivity index is 6.14. The lowest BCUT2D eigenvalue weighted by molar-refractivity contribution is -0.535. The molecule has 2 unspecified atom stereocenters. The van der Waals surface area contributed by atoms with Crippen LogP contribution in [-0.2, 0) is 33.2 Å². The Bertz CT molecular complexity index is 413. The molecule has 0 aromatic heterocycles. The Morgan fingerprint density at radius 3 is 1.11 bits per heavy atom. The van der Waals surface area contributed by atoms with Crippen molar-refractivity contribution in [2.24, 2.45) is 0 Å². The summed E-state index contributed by atoms with van der Waals surface area (Å²) < 4.78 is 39.0. The Morgan fingerprint density at radius 2 is 0.857 bits per heavy atom. The van der Waals surface area contributed by atoms with Gasteiger partial charge in [-0.05, 0) is 12.8 Å². The van der Waals surface area contributed by atoms with Gasteiger partial charge in [0, 0.05) is 13.2 Å². The zero-order valence-corrected chi connectivity index (χ0v) is 21.0. The summed E-state index contributed by atoms with van der Waals surface area (Å²) in [5, 5.41) is 59.3. The van der Waals surface area contributed by atoms with Crippen molar-refractivity contribution in [3.8, 4) is 0 Å². The fraction of sp³-hybridized carbons (Fsp3) is 1.00. The van der Waals surface area contributed by atoms with Crippen LogP contribution in [0.5, 0.6) is 0 Å². The van der Waals surface area contributed by atoms with Crippen LogP contribution < -0.4 is 0 Å². The van der Waals surface area contributed by atoms with Crippen LogP contribution in [0.2, 0.25) is 0 Å². The Kier molecular flexibility index (Phi) is 21.2. The van der Waals surface area contributed by atoms with E-state index in [1.807, 2.05) is 13.8 Å². The largest absolute Gasteiger partial charge is 0.394 e. The first-order valence-corrected chi connectivity index (χ1v) is 12.1. The van der Waals surface area contributed by atoms with Crippen LogP contribution in [0.3, 0.4) is 0 Å². The minimum atomic E-state index is -2.45. The number of hydrogen-bond acceptors (Lipinski definition) is 13. The van der Waals surface area contributed by atoms with Gasteiger partial charge in [-0.15, -0.1) is 0 Å². The highest BCUT2D eigenvalue weighted by molar-refractivity contribution is 4.79. The molecule has 35 heavy (non-hydrogen) atoms. The fourth-order valence-electron chi connectivity index (χ4n) is 2.76. The minimum Gasteiger partial charge on any atom is -0.394 e. The molecule has 0 radical (unpaired) electrons. The summed E-state index contributed by atoms with van der Waals surface area (Å²) in [5.74, 6) is -4.90. The van der Waals surface area contributed by atoms with Gasteiger partial charge < -0.3 is 59.1 Å². The Hall–Kier alpha value is -0.520. The number of ether oxygens (including phenoxy) is 7. The van der Waals surface area contributed by atoms with Crippen LogP contribution in [0.15, 0.2) is 0 Å². The molecule has 0 bridgehead atoms. The first-order valence-electron chi connectivity index (χ1n) is 12.1.